The summed E-state index contributed by atoms with van der Waals surface area (Å²) in [5, 5.41) is 8.62. The predicted octanol–water partition coefficient (Wildman–Crippen LogP) is 3.10. The molecule has 6 heteroatoms. The lowest BCUT2D eigenvalue weighted by Gasteiger charge is -2.08. The fourth-order valence-corrected chi connectivity index (χ4v) is 2.22. The van der Waals surface area contributed by atoms with Crippen LogP contribution in [0, 0.1) is 6.92 Å². The third-order valence-corrected chi connectivity index (χ3v) is 3.57. The number of halogens is 1. The van der Waals surface area contributed by atoms with E-state index in [0.717, 1.165) is 16.8 Å². The fraction of sp³-hybridized carbons (Fsp3) is 0.0667. The molecular formula is C15H11ClN4O. The van der Waals surface area contributed by atoms with Crippen LogP contribution in [-0.4, -0.2) is 26.3 Å². The number of rotatable bonds is 3. The molecule has 21 heavy (non-hydrogen) atoms. The monoisotopic (exact) mass is 298 g/mol. The number of carbonyl (C=O) groups excluding carboxylic acids is 1. The molecule has 0 spiro atoms. The topological polar surface area (TPSA) is 60.7 Å². The van der Waals surface area contributed by atoms with E-state index in [4.69, 9.17) is 11.6 Å². The first-order valence-corrected chi connectivity index (χ1v) is 6.66. The van der Waals surface area contributed by atoms with Crippen molar-refractivity contribution in [1.29, 1.82) is 0 Å². The van der Waals surface area contributed by atoms with Crippen LogP contribution in [0.5, 0.6) is 0 Å². The molecule has 3 rings (SSSR count). The van der Waals surface area contributed by atoms with E-state index in [1.165, 1.54) is 0 Å². The van der Waals surface area contributed by atoms with Crippen LogP contribution in [0.15, 0.2) is 42.7 Å². The van der Waals surface area contributed by atoms with Gasteiger partial charge in [-0.1, -0.05) is 22.9 Å². The number of carbonyl (C=O) groups is 1. The summed E-state index contributed by atoms with van der Waals surface area (Å²) in [6.45, 7) is 1.92. The lowest BCUT2D eigenvalue weighted by molar-refractivity contribution is 0.111. The van der Waals surface area contributed by atoms with Crippen molar-refractivity contribution >= 4 is 17.9 Å². The molecule has 0 N–H and O–H groups in total. The summed E-state index contributed by atoms with van der Waals surface area (Å²) in [6.07, 6.45) is 4.00. The van der Waals surface area contributed by atoms with E-state index < -0.39 is 0 Å². The smallest absolute Gasteiger partial charge is 0.172 e. The molecule has 0 saturated carbocycles. The van der Waals surface area contributed by atoms with Crippen LogP contribution in [0.25, 0.3) is 16.9 Å². The summed E-state index contributed by atoms with van der Waals surface area (Å²) in [5.41, 5.74) is 3.43. The summed E-state index contributed by atoms with van der Waals surface area (Å²) >= 11 is 6.16. The van der Waals surface area contributed by atoms with Crippen molar-refractivity contribution in [2.45, 2.75) is 6.92 Å². The van der Waals surface area contributed by atoms with Gasteiger partial charge in [0.15, 0.2) is 12.0 Å². The first kappa shape index (κ1) is 13.5. The Labute approximate surface area is 126 Å². The predicted molar refractivity (Wildman–Crippen MR) is 79.7 cm³/mol. The van der Waals surface area contributed by atoms with Gasteiger partial charge in [-0.25, -0.2) is 4.68 Å². The van der Waals surface area contributed by atoms with Crippen LogP contribution in [0.2, 0.25) is 5.02 Å². The summed E-state index contributed by atoms with van der Waals surface area (Å²) in [5.74, 6) is 0. The molecule has 0 amide bonds. The second kappa shape index (κ2) is 5.46. The van der Waals surface area contributed by atoms with Gasteiger partial charge in [-0.05, 0) is 36.8 Å². The molecule has 3 aromatic rings. The van der Waals surface area contributed by atoms with Crippen LogP contribution < -0.4 is 0 Å². The Hall–Kier alpha value is -2.53. The summed E-state index contributed by atoms with van der Waals surface area (Å²) in [7, 11) is 0. The Morgan fingerprint density at radius 1 is 1.19 bits per heavy atom. The van der Waals surface area contributed by atoms with E-state index in [0.29, 0.717) is 17.0 Å². The molecule has 5 nitrogen and oxygen atoms in total. The van der Waals surface area contributed by atoms with Gasteiger partial charge in [0.25, 0.3) is 0 Å². The number of hydrogen-bond donors (Lipinski definition) is 0. The highest BCUT2D eigenvalue weighted by Crippen LogP contribution is 2.26. The molecule has 1 aromatic carbocycles. The zero-order chi connectivity index (χ0) is 14.8. The molecular weight excluding hydrogens is 288 g/mol. The largest absolute Gasteiger partial charge is 0.296 e. The van der Waals surface area contributed by atoms with E-state index in [2.05, 4.69) is 15.3 Å². The number of benzene rings is 1. The van der Waals surface area contributed by atoms with Gasteiger partial charge in [0.05, 0.1) is 5.69 Å². The Kier molecular flexibility index (Phi) is 3.50. The fourth-order valence-electron chi connectivity index (χ4n) is 2.05. The lowest BCUT2D eigenvalue weighted by atomic mass is 10.1. The van der Waals surface area contributed by atoms with Crippen LogP contribution >= 0.6 is 11.6 Å². The number of aromatic nitrogens is 4. The zero-order valence-electron chi connectivity index (χ0n) is 11.2. The number of nitrogens with zero attached hydrogens (tertiary/aromatic N) is 4. The SMILES string of the molecule is Cc1ccc(-n2nnc(C=O)c2-c2ccncc2)cc1Cl. The molecule has 0 aliphatic rings. The third kappa shape index (κ3) is 2.43. The van der Waals surface area contributed by atoms with Crippen molar-refractivity contribution < 1.29 is 4.79 Å². The molecule has 0 bridgehead atoms. The van der Waals surface area contributed by atoms with E-state index in [9.17, 15) is 4.79 Å². The van der Waals surface area contributed by atoms with Crippen molar-refractivity contribution in [2.75, 3.05) is 0 Å². The summed E-state index contributed by atoms with van der Waals surface area (Å²) in [6, 6.07) is 9.19. The maximum atomic E-state index is 11.2. The van der Waals surface area contributed by atoms with Crippen LogP contribution in [0.3, 0.4) is 0 Å². The number of hydrogen-bond acceptors (Lipinski definition) is 4. The standard InChI is InChI=1S/C15H11ClN4O/c1-10-2-3-12(8-13(10)16)20-15(14(9-21)18-19-20)11-4-6-17-7-5-11/h2-9H,1H3. The van der Waals surface area contributed by atoms with Gasteiger partial charge in [0, 0.05) is 23.0 Å². The maximum absolute atomic E-state index is 11.2. The minimum atomic E-state index is 0.276. The Bertz CT molecular complexity index is 799. The van der Waals surface area contributed by atoms with Gasteiger partial charge < -0.3 is 0 Å². The van der Waals surface area contributed by atoms with Crippen LogP contribution in [-0.2, 0) is 0 Å². The number of aldehydes is 1. The highest BCUT2D eigenvalue weighted by atomic mass is 35.5. The molecule has 2 aromatic heterocycles. The van der Waals surface area contributed by atoms with Crippen molar-refractivity contribution in [2.24, 2.45) is 0 Å². The number of pyridine rings is 1. The maximum Gasteiger partial charge on any atom is 0.172 e. The minimum absolute atomic E-state index is 0.276. The highest BCUT2D eigenvalue weighted by molar-refractivity contribution is 6.31. The Morgan fingerprint density at radius 2 is 1.95 bits per heavy atom. The Morgan fingerprint density at radius 3 is 2.62 bits per heavy atom. The lowest BCUT2D eigenvalue weighted by Crippen LogP contribution is -2.00. The zero-order valence-corrected chi connectivity index (χ0v) is 11.9. The van der Waals surface area contributed by atoms with Crippen molar-refractivity contribution in [1.82, 2.24) is 20.0 Å². The molecule has 0 atom stereocenters. The number of aryl methyl sites for hydroxylation is 1. The molecule has 0 fully saturated rings. The average molecular weight is 299 g/mol. The molecule has 0 unspecified atom stereocenters. The van der Waals surface area contributed by atoms with Gasteiger partial charge in [0.2, 0.25) is 0 Å². The van der Waals surface area contributed by atoms with Crippen molar-refractivity contribution in [3.05, 3.63) is 59.0 Å². The normalized spacial score (nSPS) is 10.6. The second-order valence-electron chi connectivity index (χ2n) is 4.52. The van der Waals surface area contributed by atoms with E-state index in [1.807, 2.05) is 19.1 Å². The molecule has 104 valence electrons. The molecule has 0 aliphatic heterocycles. The quantitative estimate of drug-likeness (QED) is 0.697. The molecule has 2 heterocycles. The molecule has 0 aliphatic carbocycles. The van der Waals surface area contributed by atoms with Gasteiger partial charge in [-0.15, -0.1) is 5.10 Å². The molecule has 0 radical (unpaired) electrons. The van der Waals surface area contributed by atoms with E-state index in [-0.39, 0.29) is 5.69 Å². The van der Waals surface area contributed by atoms with Crippen LogP contribution in [0.1, 0.15) is 16.1 Å². The highest BCUT2D eigenvalue weighted by Gasteiger charge is 2.16. The van der Waals surface area contributed by atoms with Gasteiger partial charge in [0.1, 0.15) is 5.69 Å². The van der Waals surface area contributed by atoms with E-state index in [1.54, 1.807) is 35.3 Å². The third-order valence-electron chi connectivity index (χ3n) is 3.16. The average Bonchev–Trinajstić information content (AvgIpc) is 2.95. The minimum Gasteiger partial charge on any atom is -0.296 e. The molecule has 0 saturated heterocycles. The second-order valence-corrected chi connectivity index (χ2v) is 4.93. The summed E-state index contributed by atoms with van der Waals surface area (Å²) in [4.78, 5) is 15.2. The van der Waals surface area contributed by atoms with Crippen molar-refractivity contribution in [3.8, 4) is 16.9 Å². The first-order chi connectivity index (χ1) is 10.2. The van der Waals surface area contributed by atoms with Gasteiger partial charge >= 0.3 is 0 Å². The first-order valence-electron chi connectivity index (χ1n) is 6.28. The van der Waals surface area contributed by atoms with Gasteiger partial charge in [-0.3, -0.25) is 9.78 Å². The Balaban J connectivity index is 2.22. The summed E-state index contributed by atoms with van der Waals surface area (Å²) < 4.78 is 1.60. The van der Waals surface area contributed by atoms with E-state index >= 15 is 0 Å². The van der Waals surface area contributed by atoms with Crippen LogP contribution in [0.4, 0.5) is 0 Å². The van der Waals surface area contributed by atoms with Gasteiger partial charge in [-0.2, -0.15) is 0 Å². The van der Waals surface area contributed by atoms with Crippen molar-refractivity contribution in [3.63, 3.8) is 0 Å².